The van der Waals surface area contributed by atoms with Gasteiger partial charge in [-0.05, 0) is 63.5 Å². The van der Waals surface area contributed by atoms with Crippen molar-refractivity contribution in [1.82, 2.24) is 15.0 Å². The highest BCUT2D eigenvalue weighted by atomic mass is 32.2. The van der Waals surface area contributed by atoms with E-state index in [-0.39, 0.29) is 5.41 Å². The molecule has 0 N–H and O–H groups in total. The fourth-order valence-electron chi connectivity index (χ4n) is 9.24. The molecule has 0 aliphatic carbocycles. The van der Waals surface area contributed by atoms with E-state index < -0.39 is 8.07 Å². The Balaban J connectivity index is 1.04. The first kappa shape index (κ1) is 38.8. The second kappa shape index (κ2) is 15.4. The smallest absolute Gasteiger partial charge is 0.238 e. The fourth-order valence-corrected chi connectivity index (χ4v) is 14.8. The van der Waals surface area contributed by atoms with Gasteiger partial charge in [0.25, 0.3) is 0 Å². The topological polar surface area (TPSA) is 51.1 Å². The van der Waals surface area contributed by atoms with Crippen molar-refractivity contribution in [1.29, 1.82) is 0 Å². The van der Waals surface area contributed by atoms with E-state index in [2.05, 4.69) is 159 Å². The van der Waals surface area contributed by atoms with Gasteiger partial charge in [0.15, 0.2) is 11.6 Å². The molecule has 8 aromatic carbocycles. The molecule has 5 nitrogen and oxygen atoms in total. The van der Waals surface area contributed by atoms with E-state index in [1.165, 1.54) is 42.4 Å². The number of aromatic nitrogens is 3. The Morgan fingerprint density at radius 1 is 0.476 bits per heavy atom. The molecule has 2 aliphatic rings. The number of nitrogens with zero attached hydrogens (tertiary/aromatic N) is 4. The lowest BCUT2D eigenvalue weighted by Crippen LogP contribution is -2.56. The first-order chi connectivity index (χ1) is 30.7. The number of benzene rings is 8. The monoisotopic (exact) mass is 848 g/mol. The molecule has 0 atom stereocenters. The summed E-state index contributed by atoms with van der Waals surface area (Å²) in [6.07, 6.45) is 0. The molecule has 0 spiro atoms. The van der Waals surface area contributed by atoms with Crippen LogP contribution >= 0.6 is 11.8 Å². The van der Waals surface area contributed by atoms with Crippen LogP contribution in [0.5, 0.6) is 11.5 Å². The van der Waals surface area contributed by atoms with Crippen LogP contribution in [0.3, 0.4) is 0 Å². The zero-order chi connectivity index (χ0) is 42.7. The maximum absolute atomic E-state index is 6.70. The first-order valence-electron chi connectivity index (χ1n) is 21.4. The minimum Gasteiger partial charge on any atom is -0.456 e. The second-order valence-corrected chi connectivity index (χ2v) is 22.6. The van der Waals surface area contributed by atoms with Crippen molar-refractivity contribution in [2.24, 2.45) is 0 Å². The molecule has 63 heavy (non-hydrogen) atoms. The predicted octanol–water partition coefficient (Wildman–Crippen LogP) is 13.7. The Kier molecular flexibility index (Phi) is 9.48. The highest BCUT2D eigenvalue weighted by Gasteiger charge is 2.37. The molecule has 2 aliphatic heterocycles. The summed E-state index contributed by atoms with van der Waals surface area (Å²) in [5, 5.41) is 2.99. The van der Waals surface area contributed by atoms with Gasteiger partial charge in [-0.2, -0.15) is 9.97 Å². The maximum atomic E-state index is 6.70. The molecule has 7 heteroatoms. The molecule has 0 unspecified atom stereocenters. The van der Waals surface area contributed by atoms with E-state index in [9.17, 15) is 0 Å². The summed E-state index contributed by atoms with van der Waals surface area (Å²) < 4.78 is 6.70. The molecule has 0 amide bonds. The summed E-state index contributed by atoms with van der Waals surface area (Å²) >= 11 is 1.90. The number of rotatable bonds is 7. The Morgan fingerprint density at radius 2 is 1.00 bits per heavy atom. The molecular formula is C56H44N4OSSi. The Labute approximate surface area is 374 Å². The van der Waals surface area contributed by atoms with Gasteiger partial charge in [-0.3, -0.25) is 4.90 Å². The van der Waals surface area contributed by atoms with Gasteiger partial charge in [-0.15, -0.1) is 0 Å². The van der Waals surface area contributed by atoms with Crippen molar-refractivity contribution in [3.05, 3.63) is 205 Å². The van der Waals surface area contributed by atoms with E-state index in [1.54, 1.807) is 0 Å². The lowest BCUT2D eigenvalue weighted by Gasteiger charge is -2.35. The minimum absolute atomic E-state index is 0.213. The summed E-state index contributed by atoms with van der Waals surface area (Å²) in [4.78, 5) is 20.3. The van der Waals surface area contributed by atoms with Crippen LogP contribution in [0.4, 0.5) is 17.3 Å². The normalized spacial score (nSPS) is 14.0. The number of anilines is 3. The van der Waals surface area contributed by atoms with Crippen molar-refractivity contribution in [3.8, 4) is 56.5 Å². The van der Waals surface area contributed by atoms with Crippen LogP contribution in [0.15, 0.2) is 204 Å². The largest absolute Gasteiger partial charge is 0.456 e. The second-order valence-electron chi connectivity index (χ2n) is 17.3. The predicted molar refractivity (Wildman–Crippen MR) is 262 cm³/mol. The highest BCUT2D eigenvalue weighted by molar-refractivity contribution is 8.00. The number of hydrogen-bond acceptors (Lipinski definition) is 6. The summed E-state index contributed by atoms with van der Waals surface area (Å²) in [6.45, 7) is 9.50. The number of para-hydroxylation sites is 2. The van der Waals surface area contributed by atoms with E-state index >= 15 is 0 Å². The minimum atomic E-state index is -1.90. The fraction of sp³-hybridized carbons (Fsp3) is 0.0893. The lowest BCUT2D eigenvalue weighted by atomic mass is 9.75. The van der Waals surface area contributed by atoms with Crippen LogP contribution in [-0.2, 0) is 5.41 Å². The van der Waals surface area contributed by atoms with E-state index in [0.717, 1.165) is 45.1 Å². The third-order valence-corrected chi connectivity index (χ3v) is 17.8. The summed E-state index contributed by atoms with van der Waals surface area (Å²) in [5.41, 5.74) is 10.4. The van der Waals surface area contributed by atoms with Gasteiger partial charge in [0, 0.05) is 54.4 Å². The first-order valence-corrected chi connectivity index (χ1v) is 25.3. The molecular weight excluding hydrogens is 805 g/mol. The quantitative estimate of drug-likeness (QED) is 0.149. The van der Waals surface area contributed by atoms with Crippen LogP contribution < -0.4 is 20.0 Å². The molecule has 0 saturated heterocycles. The van der Waals surface area contributed by atoms with Gasteiger partial charge in [0.05, 0.1) is 0 Å². The van der Waals surface area contributed by atoms with Crippen molar-refractivity contribution in [2.75, 3.05) is 4.90 Å². The molecule has 9 aromatic rings. The molecule has 0 radical (unpaired) electrons. The number of fused-ring (bicyclic) bond motifs is 4. The van der Waals surface area contributed by atoms with E-state index in [0.29, 0.717) is 17.6 Å². The summed E-state index contributed by atoms with van der Waals surface area (Å²) in [7, 11) is -1.90. The Morgan fingerprint density at radius 3 is 1.67 bits per heavy atom. The average molecular weight is 849 g/mol. The van der Waals surface area contributed by atoms with Crippen LogP contribution in [0, 0.1) is 0 Å². The third-order valence-electron chi connectivity index (χ3n) is 12.7. The molecule has 11 rings (SSSR count). The summed E-state index contributed by atoms with van der Waals surface area (Å²) in [6, 6.07) is 68.5. The number of ether oxygens (including phenoxy) is 1. The van der Waals surface area contributed by atoms with E-state index in [1.807, 2.05) is 78.5 Å². The molecule has 3 heterocycles. The van der Waals surface area contributed by atoms with Crippen molar-refractivity contribution < 1.29 is 4.74 Å². The molecule has 1 aromatic heterocycles. The van der Waals surface area contributed by atoms with Gasteiger partial charge < -0.3 is 4.74 Å². The van der Waals surface area contributed by atoms with E-state index in [4.69, 9.17) is 19.7 Å². The molecule has 0 saturated carbocycles. The van der Waals surface area contributed by atoms with Crippen LogP contribution in [0.2, 0.25) is 13.1 Å². The molecule has 0 bridgehead atoms. The Hall–Kier alpha value is -7.06. The summed E-state index contributed by atoms with van der Waals surface area (Å²) in [5.74, 6) is 3.54. The standard InChI is InChI=1S/C56H44N4OSSi/c1-56(2)45-23-11-12-25-47(45)61-51-43(21-15-24-46(51)56)37-29-33-41(34-30-37)60(55-58-53(39-17-7-5-8-18-39)57-54(59-55)40-19-9-6-10-20-40)42-35-31-38(32-36-42)44-22-16-28-50-52(44)62-48-26-13-14-27-49(48)63(50,3)4/h5-36H,1-4H3. The highest BCUT2D eigenvalue weighted by Crippen LogP contribution is 2.51. The van der Waals surface area contributed by atoms with Crippen molar-refractivity contribution in [2.45, 2.75) is 42.1 Å². The van der Waals surface area contributed by atoms with Crippen molar-refractivity contribution >= 4 is 47.5 Å². The van der Waals surface area contributed by atoms with Crippen LogP contribution in [0.1, 0.15) is 25.0 Å². The van der Waals surface area contributed by atoms with Gasteiger partial charge in [-0.1, -0.05) is 196 Å². The van der Waals surface area contributed by atoms with Gasteiger partial charge in [-0.25, -0.2) is 4.98 Å². The van der Waals surface area contributed by atoms with Crippen LogP contribution in [0.25, 0.3) is 45.0 Å². The van der Waals surface area contributed by atoms with Gasteiger partial charge in [0.1, 0.15) is 19.6 Å². The van der Waals surface area contributed by atoms with Crippen LogP contribution in [-0.4, -0.2) is 23.0 Å². The van der Waals surface area contributed by atoms with Crippen molar-refractivity contribution in [3.63, 3.8) is 0 Å². The number of hydrogen-bond donors (Lipinski definition) is 0. The average Bonchev–Trinajstić information content (AvgIpc) is 3.32. The zero-order valence-corrected chi connectivity index (χ0v) is 37.4. The van der Waals surface area contributed by atoms with Gasteiger partial charge in [0.2, 0.25) is 5.95 Å². The zero-order valence-electron chi connectivity index (χ0n) is 35.6. The maximum Gasteiger partial charge on any atom is 0.238 e. The molecule has 0 fully saturated rings. The lowest BCUT2D eigenvalue weighted by molar-refractivity contribution is 0.419. The Bertz CT molecular complexity index is 2960. The molecule has 304 valence electrons. The van der Waals surface area contributed by atoms with Gasteiger partial charge >= 0.3 is 0 Å². The SMILES string of the molecule is CC1(C)c2ccccc2Oc2c(-c3ccc(N(c4ccc(-c5cccc6c5Sc5ccccc5[Si]6(C)C)cc4)c4nc(-c5ccccc5)nc(-c5ccccc5)n4)cc3)cccc21. The third kappa shape index (κ3) is 6.76.